The van der Waals surface area contributed by atoms with Gasteiger partial charge in [0.2, 0.25) is 5.78 Å². The van der Waals surface area contributed by atoms with E-state index >= 15 is 0 Å². The van der Waals surface area contributed by atoms with Gasteiger partial charge in [-0.1, -0.05) is 37.6 Å². The smallest absolute Gasteiger partial charge is 0.326 e. The molecule has 1 aromatic heterocycles. The van der Waals surface area contributed by atoms with Crippen LogP contribution in [0.3, 0.4) is 0 Å². The number of carbonyl (C=O) groups is 2. The third-order valence-corrected chi connectivity index (χ3v) is 5.16. The number of nitrogens with two attached hydrogens (primary N) is 1. The Labute approximate surface area is 160 Å². The number of nitrogen functional groups attached to an aromatic ring is 1. The van der Waals surface area contributed by atoms with Crippen molar-refractivity contribution < 1.29 is 14.7 Å². The van der Waals surface area contributed by atoms with Crippen LogP contribution in [0.25, 0.3) is 0 Å². The molecule has 0 amide bonds. The molecule has 0 radical (unpaired) electrons. The SMILES string of the molecule is CC(C)CC(Nc1sc(C(=O)c2ccccc2Cl)c(N)c1C#N)C(=O)O. The molecule has 0 spiro atoms. The Hall–Kier alpha value is -2.56. The van der Waals surface area contributed by atoms with E-state index in [1.165, 1.54) is 0 Å². The minimum atomic E-state index is -1.03. The predicted molar refractivity (Wildman–Crippen MR) is 103 cm³/mol. The largest absolute Gasteiger partial charge is 0.480 e. The zero-order chi connectivity index (χ0) is 19.4. The lowest BCUT2D eigenvalue weighted by Crippen LogP contribution is -2.30. The number of ketones is 1. The van der Waals surface area contributed by atoms with Gasteiger partial charge in [0, 0.05) is 5.56 Å². The van der Waals surface area contributed by atoms with Gasteiger partial charge < -0.3 is 16.2 Å². The third-order valence-electron chi connectivity index (χ3n) is 3.69. The van der Waals surface area contributed by atoms with Gasteiger partial charge in [-0.25, -0.2) is 4.79 Å². The number of hydrogen-bond donors (Lipinski definition) is 3. The van der Waals surface area contributed by atoms with Crippen LogP contribution in [0.15, 0.2) is 24.3 Å². The fourth-order valence-corrected chi connectivity index (χ4v) is 3.74. The van der Waals surface area contributed by atoms with Crippen molar-refractivity contribution in [2.45, 2.75) is 26.3 Å². The van der Waals surface area contributed by atoms with Gasteiger partial charge in [0.1, 0.15) is 27.6 Å². The molecule has 1 unspecified atom stereocenters. The fourth-order valence-electron chi connectivity index (χ4n) is 2.44. The molecule has 2 rings (SSSR count). The molecule has 0 bridgehead atoms. The molecule has 26 heavy (non-hydrogen) atoms. The Morgan fingerprint density at radius 2 is 2.04 bits per heavy atom. The number of halogens is 1. The predicted octanol–water partition coefficient (Wildman–Crippen LogP) is 4.00. The molecule has 2 aromatic rings. The zero-order valence-corrected chi connectivity index (χ0v) is 15.8. The maximum Gasteiger partial charge on any atom is 0.326 e. The minimum absolute atomic E-state index is 0.0265. The summed E-state index contributed by atoms with van der Waals surface area (Å²) < 4.78 is 0. The van der Waals surface area contributed by atoms with Crippen LogP contribution in [-0.4, -0.2) is 22.9 Å². The lowest BCUT2D eigenvalue weighted by atomic mass is 10.0. The molecule has 0 aliphatic rings. The summed E-state index contributed by atoms with van der Waals surface area (Å²) >= 11 is 7.03. The summed E-state index contributed by atoms with van der Waals surface area (Å²) in [6.45, 7) is 3.80. The molecule has 0 fully saturated rings. The Bertz CT molecular complexity index is 886. The molecule has 6 nitrogen and oxygen atoms in total. The standard InChI is InChI=1S/C18H18ClN3O3S/c1-9(2)7-13(18(24)25)22-17-11(8-20)14(21)16(26-17)15(23)10-5-3-4-6-12(10)19/h3-6,9,13,22H,7,21H2,1-2H3,(H,24,25). The third kappa shape index (κ3) is 4.15. The zero-order valence-electron chi connectivity index (χ0n) is 14.2. The number of thiophene rings is 1. The molecule has 1 atom stereocenters. The van der Waals surface area contributed by atoms with Crippen LogP contribution in [-0.2, 0) is 4.79 Å². The van der Waals surface area contributed by atoms with Crippen molar-refractivity contribution in [3.63, 3.8) is 0 Å². The molecule has 8 heteroatoms. The van der Waals surface area contributed by atoms with E-state index in [0.717, 1.165) is 11.3 Å². The summed E-state index contributed by atoms with van der Waals surface area (Å²) in [4.78, 5) is 24.4. The van der Waals surface area contributed by atoms with Crippen LogP contribution in [0.4, 0.5) is 10.7 Å². The number of hydrogen-bond acceptors (Lipinski definition) is 6. The van der Waals surface area contributed by atoms with Crippen LogP contribution in [0.1, 0.15) is 41.1 Å². The number of anilines is 2. The number of carboxylic acids is 1. The summed E-state index contributed by atoms with van der Waals surface area (Å²) in [5.41, 5.74) is 6.36. The van der Waals surface area contributed by atoms with E-state index in [1.807, 2.05) is 19.9 Å². The number of nitriles is 1. The molecular formula is C18H18ClN3O3S. The summed E-state index contributed by atoms with van der Waals surface area (Å²) in [6.07, 6.45) is 0.367. The molecule has 4 N–H and O–H groups in total. The molecule has 0 saturated carbocycles. The highest BCUT2D eigenvalue weighted by Crippen LogP contribution is 2.38. The lowest BCUT2D eigenvalue weighted by molar-refractivity contribution is -0.138. The van der Waals surface area contributed by atoms with Crippen molar-refractivity contribution in [2.24, 2.45) is 5.92 Å². The summed E-state index contributed by atoms with van der Waals surface area (Å²) in [6, 6.07) is 7.60. The van der Waals surface area contributed by atoms with Crippen LogP contribution in [0.5, 0.6) is 0 Å². The minimum Gasteiger partial charge on any atom is -0.480 e. The Kier molecular flexibility index (Phi) is 6.24. The first kappa shape index (κ1) is 19.8. The second-order valence-corrected chi connectivity index (χ2v) is 7.56. The van der Waals surface area contributed by atoms with Crippen molar-refractivity contribution in [1.29, 1.82) is 5.26 Å². The maximum absolute atomic E-state index is 12.8. The first-order valence-corrected chi connectivity index (χ1v) is 9.06. The highest BCUT2D eigenvalue weighted by molar-refractivity contribution is 7.19. The van der Waals surface area contributed by atoms with Crippen LogP contribution >= 0.6 is 22.9 Å². The second-order valence-electron chi connectivity index (χ2n) is 6.13. The normalized spacial score (nSPS) is 11.8. The van der Waals surface area contributed by atoms with Gasteiger partial charge in [0.15, 0.2) is 0 Å². The van der Waals surface area contributed by atoms with Gasteiger partial charge >= 0.3 is 5.97 Å². The van der Waals surface area contributed by atoms with Gasteiger partial charge in [0.05, 0.1) is 10.7 Å². The molecule has 136 valence electrons. The van der Waals surface area contributed by atoms with E-state index in [4.69, 9.17) is 17.3 Å². The molecule has 0 aliphatic carbocycles. The van der Waals surface area contributed by atoms with Gasteiger partial charge in [-0.3, -0.25) is 4.79 Å². The monoisotopic (exact) mass is 391 g/mol. The topological polar surface area (TPSA) is 116 Å². The number of benzene rings is 1. The average molecular weight is 392 g/mol. The van der Waals surface area contributed by atoms with Crippen LogP contribution in [0, 0.1) is 17.2 Å². The van der Waals surface area contributed by atoms with Crippen LogP contribution < -0.4 is 11.1 Å². The Morgan fingerprint density at radius 3 is 2.58 bits per heavy atom. The highest BCUT2D eigenvalue weighted by Gasteiger charge is 2.26. The van der Waals surface area contributed by atoms with Crippen molar-refractivity contribution in [2.75, 3.05) is 11.1 Å². The summed E-state index contributed by atoms with van der Waals surface area (Å²) in [7, 11) is 0. The maximum atomic E-state index is 12.8. The highest BCUT2D eigenvalue weighted by atomic mass is 35.5. The van der Waals surface area contributed by atoms with Crippen molar-refractivity contribution in [3.8, 4) is 6.07 Å². The van der Waals surface area contributed by atoms with Crippen LogP contribution in [0.2, 0.25) is 5.02 Å². The number of carboxylic acid groups (broad SMARTS) is 1. The van der Waals surface area contributed by atoms with Crippen molar-refractivity contribution in [3.05, 3.63) is 45.3 Å². The Balaban J connectivity index is 2.43. The van der Waals surface area contributed by atoms with E-state index in [-0.39, 0.29) is 37.6 Å². The van der Waals surface area contributed by atoms with Gasteiger partial charge in [-0.15, -0.1) is 11.3 Å². The average Bonchev–Trinajstić information content (AvgIpc) is 2.89. The van der Waals surface area contributed by atoms with E-state index in [1.54, 1.807) is 24.3 Å². The van der Waals surface area contributed by atoms with Crippen molar-refractivity contribution in [1.82, 2.24) is 0 Å². The molecular weight excluding hydrogens is 374 g/mol. The molecule has 1 aromatic carbocycles. The number of nitrogens with one attached hydrogen (secondary N) is 1. The number of carbonyl (C=O) groups excluding carboxylic acids is 1. The lowest BCUT2D eigenvalue weighted by Gasteiger charge is -2.16. The molecule has 0 saturated heterocycles. The summed E-state index contributed by atoms with van der Waals surface area (Å²) in [5, 5.41) is 22.2. The van der Waals surface area contributed by atoms with E-state index in [9.17, 15) is 20.0 Å². The van der Waals surface area contributed by atoms with E-state index in [0.29, 0.717) is 6.42 Å². The molecule has 1 heterocycles. The van der Waals surface area contributed by atoms with Gasteiger partial charge in [0.25, 0.3) is 0 Å². The van der Waals surface area contributed by atoms with Gasteiger partial charge in [-0.05, 0) is 24.5 Å². The van der Waals surface area contributed by atoms with E-state index in [2.05, 4.69) is 5.32 Å². The summed E-state index contributed by atoms with van der Waals surface area (Å²) in [5.74, 6) is -1.30. The fraction of sp³-hybridized carbons (Fsp3) is 0.278. The first-order valence-electron chi connectivity index (χ1n) is 7.87. The Morgan fingerprint density at radius 1 is 1.38 bits per heavy atom. The second kappa shape index (κ2) is 8.21. The number of rotatable bonds is 7. The van der Waals surface area contributed by atoms with E-state index < -0.39 is 17.8 Å². The van der Waals surface area contributed by atoms with Gasteiger partial charge in [-0.2, -0.15) is 5.26 Å². The quantitative estimate of drug-likeness (QED) is 0.614. The molecule has 0 aliphatic heterocycles. The number of aliphatic carboxylic acids is 1. The number of nitrogens with zero attached hydrogens (tertiary/aromatic N) is 1. The van der Waals surface area contributed by atoms with Crippen molar-refractivity contribution >= 4 is 45.4 Å². The first-order chi connectivity index (χ1) is 12.3.